The summed E-state index contributed by atoms with van der Waals surface area (Å²) in [5, 5.41) is 2.47. The number of urea groups is 1. The van der Waals surface area contributed by atoms with Crippen molar-refractivity contribution in [2.45, 2.75) is 37.9 Å². The minimum Gasteiger partial charge on any atom is -0.342 e. The molecule has 0 radical (unpaired) electrons. The number of piperidine rings is 1. The van der Waals surface area contributed by atoms with Crippen molar-refractivity contribution in [2.24, 2.45) is 0 Å². The molecule has 3 heterocycles. The molecule has 0 aromatic heterocycles. The Morgan fingerprint density at radius 2 is 1.59 bits per heavy atom. The number of nitrogens with zero attached hydrogens (tertiary/aromatic N) is 4. The van der Waals surface area contributed by atoms with Crippen LogP contribution in [-0.4, -0.2) is 89.9 Å². The number of imide groups is 1. The predicted molar refractivity (Wildman–Crippen MR) is 117 cm³/mol. The molecular formula is C23H30F3N5O3. The molecule has 0 spiro atoms. The van der Waals surface area contributed by atoms with E-state index in [0.717, 1.165) is 43.3 Å². The molecule has 3 saturated heterocycles. The smallest absolute Gasteiger partial charge is 0.342 e. The average molecular weight is 482 g/mol. The lowest BCUT2D eigenvalue weighted by Gasteiger charge is -2.37. The summed E-state index contributed by atoms with van der Waals surface area (Å²) in [7, 11) is 0. The minimum atomic E-state index is -4.65. The molecule has 1 atom stereocenters. The van der Waals surface area contributed by atoms with Gasteiger partial charge in [-0.15, -0.1) is 0 Å². The molecule has 0 saturated carbocycles. The molecule has 0 aliphatic carbocycles. The number of hydrogen-bond donors (Lipinski definition) is 1. The van der Waals surface area contributed by atoms with Gasteiger partial charge in [-0.2, -0.15) is 13.2 Å². The number of carbonyl (C=O) groups excluding carboxylic acids is 3. The van der Waals surface area contributed by atoms with Gasteiger partial charge in [-0.05, 0) is 37.8 Å². The molecule has 34 heavy (non-hydrogen) atoms. The van der Waals surface area contributed by atoms with E-state index < -0.39 is 29.2 Å². The Morgan fingerprint density at radius 3 is 2.24 bits per heavy atom. The molecule has 4 amide bonds. The number of halogens is 3. The third kappa shape index (κ3) is 4.90. The normalized spacial score (nSPS) is 25.1. The van der Waals surface area contributed by atoms with Gasteiger partial charge in [0.15, 0.2) is 0 Å². The number of nitrogens with one attached hydrogen (secondary N) is 1. The molecule has 1 aromatic rings. The van der Waals surface area contributed by atoms with Crippen LogP contribution in [0.5, 0.6) is 0 Å². The van der Waals surface area contributed by atoms with E-state index in [1.54, 1.807) is 0 Å². The van der Waals surface area contributed by atoms with Crippen molar-refractivity contribution >= 4 is 17.8 Å². The highest BCUT2D eigenvalue weighted by Gasteiger charge is 2.52. The molecule has 3 fully saturated rings. The fraction of sp³-hybridized carbons (Fsp3) is 0.609. The van der Waals surface area contributed by atoms with Gasteiger partial charge in [-0.25, -0.2) is 9.69 Å². The Bertz CT molecular complexity index is 942. The van der Waals surface area contributed by atoms with E-state index in [4.69, 9.17) is 0 Å². The highest BCUT2D eigenvalue weighted by Crippen LogP contribution is 2.39. The third-order valence-corrected chi connectivity index (χ3v) is 6.92. The Labute approximate surface area is 196 Å². The van der Waals surface area contributed by atoms with Crippen LogP contribution in [-0.2, 0) is 21.3 Å². The van der Waals surface area contributed by atoms with E-state index in [0.29, 0.717) is 32.7 Å². The first-order valence-corrected chi connectivity index (χ1v) is 11.6. The summed E-state index contributed by atoms with van der Waals surface area (Å²) < 4.78 is 40.6. The van der Waals surface area contributed by atoms with Crippen molar-refractivity contribution in [1.29, 1.82) is 0 Å². The van der Waals surface area contributed by atoms with Gasteiger partial charge in [0.2, 0.25) is 5.91 Å². The summed E-state index contributed by atoms with van der Waals surface area (Å²) >= 11 is 0. The summed E-state index contributed by atoms with van der Waals surface area (Å²) in [6.07, 6.45) is -1.41. The first-order chi connectivity index (χ1) is 16.1. The van der Waals surface area contributed by atoms with E-state index >= 15 is 0 Å². The Hall–Kier alpha value is -2.66. The minimum absolute atomic E-state index is 0.0116. The lowest BCUT2D eigenvalue weighted by molar-refractivity contribution is -0.140. The maximum absolute atomic E-state index is 13.5. The molecule has 8 nitrogen and oxygen atoms in total. The van der Waals surface area contributed by atoms with Crippen LogP contribution in [0.1, 0.15) is 37.3 Å². The molecule has 186 valence electrons. The first-order valence-electron chi connectivity index (χ1n) is 11.6. The molecule has 4 rings (SSSR count). The van der Waals surface area contributed by atoms with Crippen LogP contribution in [0.15, 0.2) is 24.3 Å². The van der Waals surface area contributed by atoms with E-state index in [2.05, 4.69) is 10.2 Å². The van der Waals surface area contributed by atoms with Crippen LogP contribution in [0, 0.1) is 0 Å². The lowest BCUT2D eigenvalue weighted by atomic mass is 9.88. The molecule has 3 aliphatic heterocycles. The fourth-order valence-electron chi connectivity index (χ4n) is 4.90. The lowest BCUT2D eigenvalue weighted by Crippen LogP contribution is -2.53. The molecule has 3 aliphatic rings. The highest BCUT2D eigenvalue weighted by molar-refractivity contribution is 6.07. The summed E-state index contributed by atoms with van der Waals surface area (Å²) in [6, 6.07) is 4.09. The summed E-state index contributed by atoms with van der Waals surface area (Å²) in [4.78, 5) is 45.1. The number of benzene rings is 1. The quantitative estimate of drug-likeness (QED) is 0.652. The third-order valence-electron chi connectivity index (χ3n) is 6.92. The number of rotatable bonds is 5. The summed E-state index contributed by atoms with van der Waals surface area (Å²) in [6.45, 7) is 5.56. The van der Waals surface area contributed by atoms with E-state index in [9.17, 15) is 27.6 Å². The molecule has 1 aromatic carbocycles. The monoisotopic (exact) mass is 481 g/mol. The van der Waals surface area contributed by atoms with Crippen molar-refractivity contribution in [2.75, 3.05) is 52.5 Å². The molecular weight excluding hydrogens is 451 g/mol. The van der Waals surface area contributed by atoms with Gasteiger partial charge >= 0.3 is 12.2 Å². The number of carbonyl (C=O) groups is 3. The second-order valence-electron chi connectivity index (χ2n) is 9.31. The maximum Gasteiger partial charge on any atom is 0.416 e. The maximum atomic E-state index is 13.5. The zero-order valence-corrected chi connectivity index (χ0v) is 19.2. The Morgan fingerprint density at radius 1 is 0.971 bits per heavy atom. The van der Waals surface area contributed by atoms with E-state index in [1.807, 2.05) is 9.80 Å². The van der Waals surface area contributed by atoms with Gasteiger partial charge in [-0.1, -0.05) is 18.2 Å². The topological polar surface area (TPSA) is 76.2 Å². The van der Waals surface area contributed by atoms with Crippen LogP contribution < -0.4 is 5.32 Å². The fourth-order valence-corrected chi connectivity index (χ4v) is 4.90. The Balaban J connectivity index is 1.36. The van der Waals surface area contributed by atoms with E-state index in [-0.39, 0.29) is 18.1 Å². The van der Waals surface area contributed by atoms with Crippen molar-refractivity contribution in [3.8, 4) is 0 Å². The number of piperazine rings is 1. The van der Waals surface area contributed by atoms with Gasteiger partial charge in [0, 0.05) is 39.3 Å². The standard InChI is InChI=1S/C23H30F3N5O3/c1-22(17-7-3-4-8-18(17)23(24,25)26)20(33)31(21(34)27-22)16-29-13-11-28(12-14-29)15-19(32)30-9-5-2-6-10-30/h3-4,7-8H,2,5-6,9-16H2,1H3,(H,27,34). The first kappa shape index (κ1) is 24.5. The number of likely N-dealkylation sites (tertiary alicyclic amines) is 1. The van der Waals surface area contributed by atoms with Crippen LogP contribution in [0.25, 0.3) is 0 Å². The number of amides is 4. The van der Waals surface area contributed by atoms with Gasteiger partial charge in [0.05, 0.1) is 18.8 Å². The zero-order chi connectivity index (χ0) is 24.5. The van der Waals surface area contributed by atoms with Crippen LogP contribution in [0.3, 0.4) is 0 Å². The van der Waals surface area contributed by atoms with Crippen LogP contribution >= 0.6 is 0 Å². The van der Waals surface area contributed by atoms with Crippen LogP contribution in [0.2, 0.25) is 0 Å². The van der Waals surface area contributed by atoms with Crippen LogP contribution in [0.4, 0.5) is 18.0 Å². The second kappa shape index (κ2) is 9.53. The zero-order valence-electron chi connectivity index (χ0n) is 19.2. The Kier molecular flexibility index (Phi) is 6.86. The largest absolute Gasteiger partial charge is 0.416 e. The molecule has 1 unspecified atom stereocenters. The van der Waals surface area contributed by atoms with Gasteiger partial charge in [0.25, 0.3) is 5.91 Å². The molecule has 1 N–H and O–H groups in total. The molecule has 0 bridgehead atoms. The summed E-state index contributed by atoms with van der Waals surface area (Å²) in [5.74, 6) is -0.585. The van der Waals surface area contributed by atoms with Crippen molar-refractivity contribution in [3.05, 3.63) is 35.4 Å². The highest BCUT2D eigenvalue weighted by atomic mass is 19.4. The SMILES string of the molecule is CC1(c2ccccc2C(F)(F)F)NC(=O)N(CN2CCN(CC(=O)N3CCCCC3)CC2)C1=O. The average Bonchev–Trinajstić information content (AvgIpc) is 3.04. The van der Waals surface area contributed by atoms with Gasteiger partial charge in [0.1, 0.15) is 5.54 Å². The van der Waals surface area contributed by atoms with Crippen molar-refractivity contribution < 1.29 is 27.6 Å². The van der Waals surface area contributed by atoms with E-state index in [1.165, 1.54) is 25.1 Å². The van der Waals surface area contributed by atoms with Gasteiger partial charge < -0.3 is 10.2 Å². The van der Waals surface area contributed by atoms with Gasteiger partial charge in [-0.3, -0.25) is 19.4 Å². The van der Waals surface area contributed by atoms with Crippen molar-refractivity contribution in [1.82, 2.24) is 24.9 Å². The summed E-state index contributed by atoms with van der Waals surface area (Å²) in [5.41, 5.74) is -3.02. The van der Waals surface area contributed by atoms with Crippen molar-refractivity contribution in [3.63, 3.8) is 0 Å². The predicted octanol–water partition coefficient (Wildman–Crippen LogP) is 2.06. The molecule has 11 heteroatoms. The number of alkyl halides is 3. The second-order valence-corrected chi connectivity index (χ2v) is 9.31. The number of hydrogen-bond acceptors (Lipinski definition) is 5.